The van der Waals surface area contributed by atoms with Crippen LogP contribution in [0.25, 0.3) is 0 Å². The first-order valence-corrected chi connectivity index (χ1v) is 7.44. The molecule has 0 heterocycles. The van der Waals surface area contributed by atoms with Gasteiger partial charge in [0, 0.05) is 18.2 Å². The van der Waals surface area contributed by atoms with Crippen LogP contribution in [0.3, 0.4) is 0 Å². The van der Waals surface area contributed by atoms with E-state index in [1.807, 2.05) is 25.1 Å². The molecule has 116 valence electrons. The summed E-state index contributed by atoms with van der Waals surface area (Å²) in [5.74, 6) is 0.788. The molecule has 1 saturated carbocycles. The number of rotatable bonds is 4. The Balaban J connectivity index is 1.81. The highest BCUT2D eigenvalue weighted by Gasteiger charge is 2.20. The highest BCUT2D eigenvalue weighted by Crippen LogP contribution is 2.20. The van der Waals surface area contributed by atoms with Gasteiger partial charge < -0.3 is 20.5 Å². The van der Waals surface area contributed by atoms with Crippen LogP contribution in [0, 0.1) is 6.92 Å². The SMILES string of the molecule is COc1cc(C)ccc1CNC(=O)NC1CCC(O)CC1. The van der Waals surface area contributed by atoms with E-state index in [9.17, 15) is 9.90 Å². The van der Waals surface area contributed by atoms with Crippen molar-refractivity contribution >= 4 is 6.03 Å². The second kappa shape index (κ2) is 7.31. The Morgan fingerprint density at radius 2 is 2.05 bits per heavy atom. The summed E-state index contributed by atoms with van der Waals surface area (Å²) >= 11 is 0. The third kappa shape index (κ3) is 4.63. The molecule has 0 saturated heterocycles. The number of aliphatic hydroxyl groups excluding tert-OH is 1. The van der Waals surface area contributed by atoms with E-state index >= 15 is 0 Å². The van der Waals surface area contributed by atoms with Crippen LogP contribution in [0.2, 0.25) is 0 Å². The lowest BCUT2D eigenvalue weighted by molar-refractivity contribution is 0.117. The lowest BCUT2D eigenvalue weighted by atomic mass is 9.93. The highest BCUT2D eigenvalue weighted by molar-refractivity contribution is 5.74. The first-order chi connectivity index (χ1) is 10.1. The van der Waals surface area contributed by atoms with E-state index in [4.69, 9.17) is 4.74 Å². The van der Waals surface area contributed by atoms with E-state index in [1.54, 1.807) is 7.11 Å². The largest absolute Gasteiger partial charge is 0.496 e. The Labute approximate surface area is 125 Å². The molecule has 5 heteroatoms. The summed E-state index contributed by atoms with van der Waals surface area (Å²) in [6.07, 6.45) is 2.99. The Hall–Kier alpha value is -1.75. The predicted octanol–water partition coefficient (Wildman–Crippen LogP) is 2.11. The molecular formula is C16H24N2O3. The van der Waals surface area contributed by atoms with Gasteiger partial charge in [-0.15, -0.1) is 0 Å². The zero-order valence-corrected chi connectivity index (χ0v) is 12.7. The molecule has 0 spiro atoms. The monoisotopic (exact) mass is 292 g/mol. The van der Waals surface area contributed by atoms with Crippen LogP contribution in [0.15, 0.2) is 18.2 Å². The molecule has 0 aliphatic heterocycles. The standard InChI is InChI=1S/C16H24N2O3/c1-11-3-4-12(15(9-11)21-2)10-17-16(20)18-13-5-7-14(19)8-6-13/h3-4,9,13-14,19H,5-8,10H2,1-2H3,(H2,17,18,20). The number of ether oxygens (including phenoxy) is 1. The fourth-order valence-corrected chi connectivity index (χ4v) is 2.63. The zero-order valence-electron chi connectivity index (χ0n) is 12.7. The van der Waals surface area contributed by atoms with E-state index in [0.29, 0.717) is 6.54 Å². The summed E-state index contributed by atoms with van der Waals surface area (Å²) in [7, 11) is 1.63. The van der Waals surface area contributed by atoms with Gasteiger partial charge in [0.1, 0.15) is 5.75 Å². The molecule has 5 nitrogen and oxygen atoms in total. The molecule has 2 amide bonds. The molecular weight excluding hydrogens is 268 g/mol. The van der Waals surface area contributed by atoms with Crippen LogP contribution >= 0.6 is 0 Å². The maximum atomic E-state index is 11.9. The summed E-state index contributed by atoms with van der Waals surface area (Å²) in [6.45, 7) is 2.44. The number of amides is 2. The summed E-state index contributed by atoms with van der Waals surface area (Å²) in [4.78, 5) is 11.9. The minimum atomic E-state index is -0.206. The topological polar surface area (TPSA) is 70.6 Å². The lowest BCUT2D eigenvalue weighted by Crippen LogP contribution is -2.43. The maximum absolute atomic E-state index is 11.9. The minimum Gasteiger partial charge on any atom is -0.496 e. The van der Waals surface area contributed by atoms with Gasteiger partial charge in [-0.2, -0.15) is 0 Å². The predicted molar refractivity (Wildman–Crippen MR) is 81.4 cm³/mol. The Bertz CT molecular complexity index is 482. The van der Waals surface area contributed by atoms with Crippen molar-refractivity contribution in [3.05, 3.63) is 29.3 Å². The summed E-state index contributed by atoms with van der Waals surface area (Å²) in [6, 6.07) is 5.91. The number of carbonyl (C=O) groups excluding carboxylic acids is 1. The third-order valence-corrected chi connectivity index (χ3v) is 3.91. The number of nitrogens with one attached hydrogen (secondary N) is 2. The van der Waals surface area contributed by atoms with Crippen molar-refractivity contribution in [1.82, 2.24) is 10.6 Å². The second-order valence-electron chi connectivity index (χ2n) is 5.65. The fraction of sp³-hybridized carbons (Fsp3) is 0.562. The molecule has 2 rings (SSSR count). The van der Waals surface area contributed by atoms with Gasteiger partial charge in [-0.05, 0) is 44.2 Å². The zero-order chi connectivity index (χ0) is 15.2. The number of urea groups is 1. The van der Waals surface area contributed by atoms with Gasteiger partial charge in [-0.3, -0.25) is 0 Å². The van der Waals surface area contributed by atoms with Crippen LogP contribution in [-0.2, 0) is 6.54 Å². The molecule has 0 atom stereocenters. The highest BCUT2D eigenvalue weighted by atomic mass is 16.5. The Morgan fingerprint density at radius 1 is 1.33 bits per heavy atom. The summed E-state index contributed by atoms with van der Waals surface area (Å²) < 4.78 is 5.32. The van der Waals surface area contributed by atoms with Crippen molar-refractivity contribution in [3.8, 4) is 5.75 Å². The van der Waals surface area contributed by atoms with Crippen LogP contribution in [0.1, 0.15) is 36.8 Å². The number of benzene rings is 1. The molecule has 21 heavy (non-hydrogen) atoms. The number of methoxy groups -OCH3 is 1. The molecule has 1 aliphatic carbocycles. The van der Waals surface area contributed by atoms with Crippen molar-refractivity contribution in [1.29, 1.82) is 0 Å². The van der Waals surface area contributed by atoms with Crippen LogP contribution in [0.5, 0.6) is 5.75 Å². The quantitative estimate of drug-likeness (QED) is 0.796. The maximum Gasteiger partial charge on any atom is 0.315 e. The summed E-state index contributed by atoms with van der Waals surface area (Å²) in [5.41, 5.74) is 2.08. The van der Waals surface area contributed by atoms with Crippen molar-refractivity contribution in [2.75, 3.05) is 7.11 Å². The Morgan fingerprint density at radius 3 is 2.71 bits per heavy atom. The molecule has 1 aromatic rings. The average molecular weight is 292 g/mol. The van der Waals surface area contributed by atoms with Crippen LogP contribution in [0.4, 0.5) is 4.79 Å². The number of carbonyl (C=O) groups is 1. The summed E-state index contributed by atoms with van der Waals surface area (Å²) in [5, 5.41) is 15.3. The van der Waals surface area contributed by atoms with Gasteiger partial charge in [-0.1, -0.05) is 12.1 Å². The van der Waals surface area contributed by atoms with E-state index < -0.39 is 0 Å². The van der Waals surface area contributed by atoms with Gasteiger partial charge in [0.2, 0.25) is 0 Å². The molecule has 0 aromatic heterocycles. The van der Waals surface area contributed by atoms with Crippen LogP contribution in [-0.4, -0.2) is 30.4 Å². The van der Waals surface area contributed by atoms with Gasteiger partial charge in [-0.25, -0.2) is 4.79 Å². The van der Waals surface area contributed by atoms with E-state index in [2.05, 4.69) is 10.6 Å². The average Bonchev–Trinajstić information content (AvgIpc) is 2.48. The first kappa shape index (κ1) is 15.6. The molecule has 0 bridgehead atoms. The number of aryl methyl sites for hydroxylation is 1. The fourth-order valence-electron chi connectivity index (χ4n) is 2.63. The van der Waals surface area contributed by atoms with E-state index in [0.717, 1.165) is 42.6 Å². The van der Waals surface area contributed by atoms with Gasteiger partial charge in [0.05, 0.1) is 13.2 Å². The normalized spacial score (nSPS) is 21.7. The molecule has 1 aromatic carbocycles. The lowest BCUT2D eigenvalue weighted by Gasteiger charge is -2.26. The van der Waals surface area contributed by atoms with Gasteiger partial charge in [0.15, 0.2) is 0 Å². The van der Waals surface area contributed by atoms with E-state index in [1.165, 1.54) is 0 Å². The van der Waals surface area contributed by atoms with Crippen molar-refractivity contribution in [2.45, 2.75) is 51.3 Å². The number of aliphatic hydroxyl groups is 1. The second-order valence-corrected chi connectivity index (χ2v) is 5.65. The molecule has 0 unspecified atom stereocenters. The molecule has 1 fully saturated rings. The van der Waals surface area contributed by atoms with Crippen molar-refractivity contribution in [3.63, 3.8) is 0 Å². The van der Waals surface area contributed by atoms with Crippen LogP contribution < -0.4 is 15.4 Å². The Kier molecular flexibility index (Phi) is 5.44. The van der Waals surface area contributed by atoms with Crippen molar-refractivity contribution < 1.29 is 14.6 Å². The molecule has 1 aliphatic rings. The van der Waals surface area contributed by atoms with E-state index in [-0.39, 0.29) is 18.2 Å². The molecule has 0 radical (unpaired) electrons. The van der Waals surface area contributed by atoms with Gasteiger partial charge in [0.25, 0.3) is 0 Å². The first-order valence-electron chi connectivity index (χ1n) is 7.44. The number of hydrogen-bond acceptors (Lipinski definition) is 3. The van der Waals surface area contributed by atoms with Crippen molar-refractivity contribution in [2.24, 2.45) is 0 Å². The third-order valence-electron chi connectivity index (χ3n) is 3.91. The smallest absolute Gasteiger partial charge is 0.315 e. The molecule has 3 N–H and O–H groups in total. The van der Waals surface area contributed by atoms with Gasteiger partial charge >= 0.3 is 6.03 Å². The minimum absolute atomic E-state index is 0.160. The number of hydrogen-bond donors (Lipinski definition) is 3.